The average Bonchev–Trinajstić information content (AvgIpc) is 3.46. The van der Waals surface area contributed by atoms with Crippen LogP contribution in [0.4, 0.5) is 0 Å². The molecule has 0 aliphatic rings. The summed E-state index contributed by atoms with van der Waals surface area (Å²) >= 11 is 0. The lowest BCUT2D eigenvalue weighted by molar-refractivity contribution is -0.147. The molecule has 0 saturated carbocycles. The molecule has 7 nitrogen and oxygen atoms in total. The molecule has 2 aromatic carbocycles. The lowest BCUT2D eigenvalue weighted by atomic mass is 10.1. The monoisotopic (exact) mass is 483 g/mol. The molecule has 0 saturated heterocycles. The number of ether oxygens (including phenoxy) is 2. The van der Waals surface area contributed by atoms with Crippen molar-refractivity contribution in [3.8, 4) is 17.0 Å². The first kappa shape index (κ1) is 24.7. The topological polar surface area (TPSA) is 82.4 Å². The lowest BCUT2D eigenvalue weighted by Gasteiger charge is -2.17. The second-order valence-electron chi connectivity index (χ2n) is 8.14. The molecule has 1 unspecified atom stereocenters. The van der Waals surface area contributed by atoms with Crippen LogP contribution in [-0.4, -0.2) is 41.2 Å². The zero-order chi connectivity index (χ0) is 25.2. The van der Waals surface area contributed by atoms with E-state index >= 15 is 0 Å². The molecule has 1 atom stereocenters. The van der Waals surface area contributed by atoms with Gasteiger partial charge in [0.25, 0.3) is 5.91 Å². The summed E-state index contributed by atoms with van der Waals surface area (Å²) in [5.41, 5.74) is 3.40. The van der Waals surface area contributed by atoms with Crippen molar-refractivity contribution in [2.45, 2.75) is 19.4 Å². The Morgan fingerprint density at radius 2 is 1.69 bits per heavy atom. The van der Waals surface area contributed by atoms with E-state index in [0.717, 1.165) is 16.8 Å². The Morgan fingerprint density at radius 3 is 2.36 bits per heavy atom. The molecule has 0 spiro atoms. The lowest BCUT2D eigenvalue weighted by Crippen LogP contribution is -2.28. The fourth-order valence-corrected chi connectivity index (χ4v) is 3.81. The summed E-state index contributed by atoms with van der Waals surface area (Å²) in [5.74, 6) is 0.286. The summed E-state index contributed by atoms with van der Waals surface area (Å²) in [4.78, 5) is 29.2. The number of esters is 1. The van der Waals surface area contributed by atoms with Crippen LogP contribution in [0, 0.1) is 0 Å². The molecule has 2 aromatic heterocycles. The maximum Gasteiger partial charge on any atom is 0.329 e. The summed E-state index contributed by atoms with van der Waals surface area (Å²) < 4.78 is 12.9. The van der Waals surface area contributed by atoms with E-state index in [0.29, 0.717) is 37.5 Å². The smallest absolute Gasteiger partial charge is 0.329 e. The number of carbonyl (C=O) groups is 2. The van der Waals surface area contributed by atoms with E-state index in [-0.39, 0.29) is 11.9 Å². The number of pyridine rings is 1. The van der Waals surface area contributed by atoms with Gasteiger partial charge in [-0.2, -0.15) is 0 Å². The van der Waals surface area contributed by atoms with Gasteiger partial charge in [-0.3, -0.25) is 9.78 Å². The van der Waals surface area contributed by atoms with Crippen molar-refractivity contribution < 1.29 is 19.1 Å². The highest BCUT2D eigenvalue weighted by Gasteiger charge is 2.21. The van der Waals surface area contributed by atoms with E-state index in [2.05, 4.69) is 10.3 Å². The second kappa shape index (κ2) is 12.4. The van der Waals surface area contributed by atoms with Crippen LogP contribution in [0.1, 0.15) is 28.9 Å². The number of amides is 1. The zero-order valence-electron chi connectivity index (χ0n) is 20.2. The second-order valence-corrected chi connectivity index (χ2v) is 8.14. The van der Waals surface area contributed by atoms with Gasteiger partial charge in [0.05, 0.1) is 18.8 Å². The molecule has 0 aliphatic carbocycles. The Bertz CT molecular complexity index is 1240. The molecule has 1 amide bonds. The van der Waals surface area contributed by atoms with Crippen LogP contribution in [0.2, 0.25) is 0 Å². The van der Waals surface area contributed by atoms with Gasteiger partial charge in [-0.05, 0) is 61.0 Å². The van der Waals surface area contributed by atoms with Crippen LogP contribution < -0.4 is 10.1 Å². The highest BCUT2D eigenvalue weighted by Crippen LogP contribution is 2.20. The van der Waals surface area contributed by atoms with Crippen molar-refractivity contribution in [2.24, 2.45) is 0 Å². The number of rotatable bonds is 11. The number of nitrogens with zero attached hydrogens (tertiary/aromatic N) is 2. The van der Waals surface area contributed by atoms with Gasteiger partial charge < -0.3 is 19.4 Å². The van der Waals surface area contributed by atoms with Crippen molar-refractivity contribution in [2.75, 3.05) is 19.8 Å². The maximum atomic E-state index is 12.4. The molecule has 0 bridgehead atoms. The van der Waals surface area contributed by atoms with E-state index in [4.69, 9.17) is 9.47 Å². The third-order valence-electron chi connectivity index (χ3n) is 5.66. The summed E-state index contributed by atoms with van der Waals surface area (Å²) in [6.45, 7) is 2.86. The predicted octanol–water partition coefficient (Wildman–Crippen LogP) is 4.71. The van der Waals surface area contributed by atoms with Crippen LogP contribution >= 0.6 is 0 Å². The Labute approximate surface area is 210 Å². The molecular weight excluding hydrogens is 454 g/mol. The summed E-state index contributed by atoms with van der Waals surface area (Å²) in [5, 5.41) is 2.87. The first-order chi connectivity index (χ1) is 17.6. The molecule has 2 heterocycles. The van der Waals surface area contributed by atoms with Gasteiger partial charge in [-0.25, -0.2) is 4.79 Å². The van der Waals surface area contributed by atoms with Crippen molar-refractivity contribution in [3.05, 3.63) is 109 Å². The number of hydrogen-bond acceptors (Lipinski definition) is 5. The number of hydrogen-bond donors (Lipinski definition) is 1. The third kappa shape index (κ3) is 6.60. The van der Waals surface area contributed by atoms with E-state index in [1.807, 2.05) is 83.7 Å². The average molecular weight is 484 g/mol. The molecule has 7 heteroatoms. The standard InChI is InChI=1S/C29H29N3O4/c1-2-35-29(34)27(32-18-5-6-19-32)21-22-8-14-25(15-9-22)36-20-17-31-28(33)24-12-10-23(11-13-24)26-7-3-4-16-30-26/h3-16,18-19,27H,2,17,20-21H2,1H3,(H,31,33). The predicted molar refractivity (Wildman–Crippen MR) is 138 cm³/mol. The maximum absolute atomic E-state index is 12.4. The van der Waals surface area contributed by atoms with Crippen LogP contribution in [-0.2, 0) is 16.0 Å². The Kier molecular flexibility index (Phi) is 8.48. The molecule has 0 radical (unpaired) electrons. The largest absolute Gasteiger partial charge is 0.492 e. The Hall–Kier alpha value is -4.39. The van der Waals surface area contributed by atoms with Crippen LogP contribution in [0.25, 0.3) is 11.3 Å². The SMILES string of the molecule is CCOC(=O)C(Cc1ccc(OCCNC(=O)c2ccc(-c3ccccn3)cc2)cc1)n1cccc1. The van der Waals surface area contributed by atoms with Gasteiger partial charge in [0.15, 0.2) is 0 Å². The number of benzene rings is 2. The molecule has 1 N–H and O–H groups in total. The fourth-order valence-electron chi connectivity index (χ4n) is 3.81. The van der Waals surface area contributed by atoms with Gasteiger partial charge in [0, 0.05) is 36.1 Å². The summed E-state index contributed by atoms with van der Waals surface area (Å²) in [7, 11) is 0. The molecule has 36 heavy (non-hydrogen) atoms. The minimum Gasteiger partial charge on any atom is -0.492 e. The van der Waals surface area contributed by atoms with Gasteiger partial charge in [0.1, 0.15) is 18.4 Å². The Balaban J connectivity index is 1.24. The minimum atomic E-state index is -0.417. The van der Waals surface area contributed by atoms with E-state index < -0.39 is 6.04 Å². The zero-order valence-corrected chi connectivity index (χ0v) is 20.2. The van der Waals surface area contributed by atoms with E-state index in [1.54, 1.807) is 25.3 Å². The number of nitrogens with one attached hydrogen (secondary N) is 1. The molecular formula is C29H29N3O4. The van der Waals surface area contributed by atoms with Crippen LogP contribution in [0.5, 0.6) is 5.75 Å². The van der Waals surface area contributed by atoms with Crippen molar-refractivity contribution in [1.82, 2.24) is 14.9 Å². The highest BCUT2D eigenvalue weighted by atomic mass is 16.5. The first-order valence-electron chi connectivity index (χ1n) is 11.9. The van der Waals surface area contributed by atoms with Crippen LogP contribution in [0.15, 0.2) is 97.5 Å². The van der Waals surface area contributed by atoms with Crippen molar-refractivity contribution >= 4 is 11.9 Å². The molecule has 4 rings (SSSR count). The molecule has 4 aromatic rings. The first-order valence-corrected chi connectivity index (χ1v) is 11.9. The van der Waals surface area contributed by atoms with Gasteiger partial charge in [-0.1, -0.05) is 30.3 Å². The van der Waals surface area contributed by atoms with Gasteiger partial charge in [0.2, 0.25) is 0 Å². The van der Waals surface area contributed by atoms with E-state index in [1.165, 1.54) is 0 Å². The third-order valence-corrected chi connectivity index (χ3v) is 5.66. The normalized spacial score (nSPS) is 11.5. The summed E-state index contributed by atoms with van der Waals surface area (Å²) in [6, 6.07) is 24.0. The molecule has 0 fully saturated rings. The van der Waals surface area contributed by atoms with Crippen LogP contribution in [0.3, 0.4) is 0 Å². The summed E-state index contributed by atoms with van der Waals surface area (Å²) in [6.07, 6.45) is 5.99. The molecule has 184 valence electrons. The highest BCUT2D eigenvalue weighted by molar-refractivity contribution is 5.94. The number of aromatic nitrogens is 2. The van der Waals surface area contributed by atoms with Gasteiger partial charge >= 0.3 is 5.97 Å². The number of carbonyl (C=O) groups excluding carboxylic acids is 2. The fraction of sp³-hybridized carbons (Fsp3) is 0.207. The molecule has 0 aliphatic heterocycles. The van der Waals surface area contributed by atoms with Crippen molar-refractivity contribution in [3.63, 3.8) is 0 Å². The quantitative estimate of drug-likeness (QED) is 0.247. The minimum absolute atomic E-state index is 0.156. The van der Waals surface area contributed by atoms with Crippen molar-refractivity contribution in [1.29, 1.82) is 0 Å². The Morgan fingerprint density at radius 1 is 0.944 bits per heavy atom. The van der Waals surface area contributed by atoms with Gasteiger partial charge in [-0.15, -0.1) is 0 Å². The van der Waals surface area contributed by atoms with E-state index in [9.17, 15) is 9.59 Å².